The van der Waals surface area contributed by atoms with Crippen LogP contribution in [0.2, 0.25) is 0 Å². The lowest BCUT2D eigenvalue weighted by Gasteiger charge is -2.07. The first-order chi connectivity index (χ1) is 9.01. The summed E-state index contributed by atoms with van der Waals surface area (Å²) in [4.78, 5) is 10.2. The number of methoxy groups -OCH3 is 1. The van der Waals surface area contributed by atoms with E-state index in [9.17, 15) is 0 Å². The van der Waals surface area contributed by atoms with Gasteiger partial charge in [0.2, 0.25) is 0 Å². The van der Waals surface area contributed by atoms with E-state index in [1.54, 1.807) is 14.2 Å². The van der Waals surface area contributed by atoms with Gasteiger partial charge in [-0.15, -0.1) is 0 Å². The number of nitrogens with zero attached hydrogens (tertiary/aromatic N) is 1. The predicted octanol–water partition coefficient (Wildman–Crippen LogP) is 3.34. The summed E-state index contributed by atoms with van der Waals surface area (Å²) in [5.41, 5.74) is 2.66. The molecular weight excluding hydrogens is 238 g/mol. The Hall–Kier alpha value is -1.19. The number of aryl methyl sites for hydroxylation is 2. The van der Waals surface area contributed by atoms with Crippen LogP contribution < -0.4 is 0 Å². The molecule has 0 saturated carbocycles. The third kappa shape index (κ3) is 22.5. The van der Waals surface area contributed by atoms with E-state index in [1.165, 1.54) is 11.1 Å². The molecule has 0 radical (unpaired) electrons. The molecule has 3 nitrogen and oxygen atoms in total. The van der Waals surface area contributed by atoms with E-state index < -0.39 is 0 Å². The lowest BCUT2D eigenvalue weighted by atomic mass is 10.2. The summed E-state index contributed by atoms with van der Waals surface area (Å²) < 4.78 is 4.25. The monoisotopic (exact) mass is 269 g/mol. The average molecular weight is 269 g/mol. The Labute approximate surface area is 119 Å². The highest BCUT2D eigenvalue weighted by Crippen LogP contribution is 1.99. The van der Waals surface area contributed by atoms with E-state index in [0.717, 1.165) is 13.1 Å². The predicted molar refractivity (Wildman–Crippen MR) is 84.8 cm³/mol. The summed E-state index contributed by atoms with van der Waals surface area (Å²) in [6.07, 6.45) is 0. The molecular formula is C16H31NO2. The summed E-state index contributed by atoms with van der Waals surface area (Å²) >= 11 is 0. The number of rotatable bonds is 2. The topological polar surface area (TPSA) is 29.5 Å². The Morgan fingerprint density at radius 3 is 1.26 bits per heavy atom. The van der Waals surface area contributed by atoms with E-state index in [-0.39, 0.29) is 0 Å². The normalized spacial score (nSPS) is 8.21. The molecule has 0 heterocycles. The van der Waals surface area contributed by atoms with Crippen LogP contribution in [0, 0.1) is 13.8 Å². The van der Waals surface area contributed by atoms with Crippen LogP contribution in [0.1, 0.15) is 25.0 Å². The minimum absolute atomic E-state index is 1.16. The maximum Gasteiger partial charge on any atom is 0.106 e. The van der Waals surface area contributed by atoms with Crippen LogP contribution in [0.3, 0.4) is 0 Å². The molecule has 3 heteroatoms. The fourth-order valence-electron chi connectivity index (χ4n) is 0.861. The van der Waals surface area contributed by atoms with E-state index in [2.05, 4.69) is 68.6 Å². The minimum Gasteiger partial charge on any atom is -0.388 e. The number of ether oxygens (including phenoxy) is 1. The number of hydrogen-bond acceptors (Lipinski definition) is 3. The number of carbonyl (C=O) groups is 1. The molecule has 1 rings (SSSR count). The van der Waals surface area contributed by atoms with Crippen LogP contribution in [0.4, 0.5) is 0 Å². The van der Waals surface area contributed by atoms with Crippen LogP contribution in [0.25, 0.3) is 0 Å². The second kappa shape index (κ2) is 19.2. The Bertz CT molecular complexity index is 235. The van der Waals surface area contributed by atoms with Crippen molar-refractivity contribution >= 4 is 6.79 Å². The van der Waals surface area contributed by atoms with Gasteiger partial charge >= 0.3 is 0 Å². The van der Waals surface area contributed by atoms with Crippen molar-refractivity contribution in [2.24, 2.45) is 0 Å². The van der Waals surface area contributed by atoms with Crippen LogP contribution >= 0.6 is 0 Å². The van der Waals surface area contributed by atoms with Crippen molar-refractivity contribution in [1.82, 2.24) is 4.90 Å². The van der Waals surface area contributed by atoms with Gasteiger partial charge < -0.3 is 14.4 Å². The molecule has 0 N–H and O–H groups in total. The Kier molecular flexibility index (Phi) is 23.1. The standard InChI is InChI=1S/C8H10.C5H13N.C2H6O.CH2O/c1-7-3-5-8(2)6-4-7;1-4-6(3)5-2;1-3-2;1-2/h3-6H,1-2H3;4-5H2,1-3H3;1-2H3;1H2. The summed E-state index contributed by atoms with van der Waals surface area (Å²) in [6.45, 7) is 12.8. The molecule has 19 heavy (non-hydrogen) atoms. The van der Waals surface area contributed by atoms with Gasteiger partial charge in [0.1, 0.15) is 6.79 Å². The van der Waals surface area contributed by atoms with Crippen molar-refractivity contribution in [2.45, 2.75) is 27.7 Å². The SMILES string of the molecule is C=O.CCN(C)CC.COC.Cc1ccc(C)cc1. The van der Waals surface area contributed by atoms with Crippen LogP contribution in [-0.4, -0.2) is 46.0 Å². The number of carbonyl (C=O) groups excluding carboxylic acids is 1. The molecule has 0 fully saturated rings. The summed E-state index contributed by atoms with van der Waals surface area (Å²) in [6, 6.07) is 8.48. The molecule has 0 aliphatic carbocycles. The first-order valence-electron chi connectivity index (χ1n) is 6.42. The van der Waals surface area contributed by atoms with Gasteiger partial charge in [0.05, 0.1) is 0 Å². The van der Waals surface area contributed by atoms with E-state index in [4.69, 9.17) is 4.79 Å². The van der Waals surface area contributed by atoms with E-state index in [0.29, 0.717) is 0 Å². The van der Waals surface area contributed by atoms with Gasteiger partial charge in [-0.05, 0) is 34.0 Å². The van der Waals surface area contributed by atoms with Crippen molar-refractivity contribution in [1.29, 1.82) is 0 Å². The van der Waals surface area contributed by atoms with Gasteiger partial charge in [-0.25, -0.2) is 0 Å². The fourth-order valence-corrected chi connectivity index (χ4v) is 0.861. The zero-order chi connectivity index (χ0) is 15.7. The molecule has 1 aromatic carbocycles. The summed E-state index contributed by atoms with van der Waals surface area (Å²) in [7, 11) is 5.36. The number of hydrogen-bond donors (Lipinski definition) is 0. The smallest absolute Gasteiger partial charge is 0.106 e. The Balaban J connectivity index is -0.000000207. The van der Waals surface area contributed by atoms with Gasteiger partial charge in [-0.2, -0.15) is 0 Å². The van der Waals surface area contributed by atoms with Gasteiger partial charge in [0, 0.05) is 14.2 Å². The van der Waals surface area contributed by atoms with Gasteiger partial charge in [-0.1, -0.05) is 49.2 Å². The second-order valence-electron chi connectivity index (χ2n) is 4.05. The third-order valence-corrected chi connectivity index (χ3v) is 2.30. The largest absolute Gasteiger partial charge is 0.388 e. The van der Waals surface area contributed by atoms with Crippen molar-refractivity contribution < 1.29 is 9.53 Å². The quantitative estimate of drug-likeness (QED) is 0.824. The van der Waals surface area contributed by atoms with Crippen LogP contribution in [0.5, 0.6) is 0 Å². The molecule has 0 saturated heterocycles. The van der Waals surface area contributed by atoms with E-state index >= 15 is 0 Å². The average Bonchev–Trinajstić information content (AvgIpc) is 2.45. The summed E-state index contributed by atoms with van der Waals surface area (Å²) in [5, 5.41) is 0. The zero-order valence-electron chi connectivity index (χ0n) is 13.7. The lowest BCUT2D eigenvalue weighted by Crippen LogP contribution is -2.15. The van der Waals surface area contributed by atoms with Crippen molar-refractivity contribution in [3.8, 4) is 0 Å². The molecule has 0 unspecified atom stereocenters. The van der Waals surface area contributed by atoms with E-state index in [1.807, 2.05) is 6.79 Å². The second-order valence-corrected chi connectivity index (χ2v) is 4.05. The van der Waals surface area contributed by atoms with Gasteiger partial charge in [-0.3, -0.25) is 0 Å². The van der Waals surface area contributed by atoms with Crippen LogP contribution in [-0.2, 0) is 9.53 Å². The fraction of sp³-hybridized carbons (Fsp3) is 0.562. The molecule has 0 spiro atoms. The van der Waals surface area contributed by atoms with Gasteiger partial charge in [0.15, 0.2) is 0 Å². The Morgan fingerprint density at radius 2 is 1.16 bits per heavy atom. The van der Waals surface area contributed by atoms with Crippen molar-refractivity contribution in [2.75, 3.05) is 34.4 Å². The number of benzene rings is 1. The Morgan fingerprint density at radius 1 is 0.947 bits per heavy atom. The molecule has 0 bridgehead atoms. The van der Waals surface area contributed by atoms with Crippen molar-refractivity contribution in [3.63, 3.8) is 0 Å². The third-order valence-electron chi connectivity index (χ3n) is 2.30. The highest BCUT2D eigenvalue weighted by atomic mass is 16.4. The first kappa shape index (κ1) is 22.9. The molecule has 112 valence electrons. The maximum atomic E-state index is 8.00. The lowest BCUT2D eigenvalue weighted by molar-refractivity contribution is -0.0979. The highest BCUT2D eigenvalue weighted by Gasteiger charge is 1.81. The van der Waals surface area contributed by atoms with Crippen LogP contribution in [0.15, 0.2) is 24.3 Å². The van der Waals surface area contributed by atoms with Crippen molar-refractivity contribution in [3.05, 3.63) is 35.4 Å². The minimum atomic E-state index is 1.16. The first-order valence-corrected chi connectivity index (χ1v) is 6.42. The highest BCUT2D eigenvalue weighted by molar-refractivity contribution is 5.19. The van der Waals surface area contributed by atoms with Gasteiger partial charge in [0.25, 0.3) is 0 Å². The molecule has 1 aromatic rings. The summed E-state index contributed by atoms with van der Waals surface area (Å²) in [5.74, 6) is 0. The molecule has 0 amide bonds. The molecule has 0 aromatic heterocycles. The molecule has 0 aliphatic heterocycles. The molecule has 0 atom stereocenters. The zero-order valence-corrected chi connectivity index (χ0v) is 13.7. The maximum absolute atomic E-state index is 8.00. The molecule has 0 aliphatic rings.